The number of amides is 1. The van der Waals surface area contributed by atoms with Crippen molar-refractivity contribution in [2.45, 2.75) is 32.2 Å². The maximum atomic E-state index is 11.2. The Morgan fingerprint density at radius 1 is 1.50 bits per heavy atom. The predicted octanol–water partition coefficient (Wildman–Crippen LogP) is 0.998. The van der Waals surface area contributed by atoms with E-state index >= 15 is 0 Å². The van der Waals surface area contributed by atoms with Crippen molar-refractivity contribution < 1.29 is 4.79 Å². The van der Waals surface area contributed by atoms with E-state index in [4.69, 9.17) is 0 Å². The highest BCUT2D eigenvalue weighted by molar-refractivity contribution is 7.99. The molecule has 82 valence electrons. The molecule has 2 N–H and O–H groups in total. The molecule has 3 nitrogen and oxygen atoms in total. The minimum absolute atomic E-state index is 0.149. The Labute approximate surface area is 90.4 Å². The van der Waals surface area contributed by atoms with Crippen molar-refractivity contribution in [1.29, 1.82) is 0 Å². The van der Waals surface area contributed by atoms with E-state index in [-0.39, 0.29) is 5.91 Å². The van der Waals surface area contributed by atoms with Gasteiger partial charge in [-0.2, -0.15) is 11.8 Å². The van der Waals surface area contributed by atoms with Crippen LogP contribution in [0.3, 0.4) is 0 Å². The minimum Gasteiger partial charge on any atom is -0.352 e. The summed E-state index contributed by atoms with van der Waals surface area (Å²) in [6.07, 6.45) is 3.48. The van der Waals surface area contributed by atoms with Crippen molar-refractivity contribution in [3.05, 3.63) is 0 Å². The summed E-state index contributed by atoms with van der Waals surface area (Å²) in [7, 11) is 0. The van der Waals surface area contributed by atoms with Crippen LogP contribution in [0.15, 0.2) is 0 Å². The van der Waals surface area contributed by atoms with E-state index in [1.807, 2.05) is 11.8 Å². The van der Waals surface area contributed by atoms with E-state index in [2.05, 4.69) is 17.6 Å². The van der Waals surface area contributed by atoms with Gasteiger partial charge in [-0.1, -0.05) is 6.92 Å². The SMILES string of the molecule is CCSCCCNCC(=O)NC1CC1. The number of rotatable bonds is 8. The van der Waals surface area contributed by atoms with Crippen molar-refractivity contribution >= 4 is 17.7 Å². The summed E-state index contributed by atoms with van der Waals surface area (Å²) >= 11 is 1.95. The van der Waals surface area contributed by atoms with Crippen LogP contribution in [0.25, 0.3) is 0 Å². The fourth-order valence-electron chi connectivity index (χ4n) is 1.15. The number of nitrogens with one attached hydrogen (secondary N) is 2. The zero-order chi connectivity index (χ0) is 10.2. The van der Waals surface area contributed by atoms with Crippen LogP contribution in [0.1, 0.15) is 26.2 Å². The molecule has 0 heterocycles. The molecule has 0 aromatic rings. The topological polar surface area (TPSA) is 41.1 Å². The van der Waals surface area contributed by atoms with E-state index in [1.165, 1.54) is 24.3 Å². The summed E-state index contributed by atoms with van der Waals surface area (Å²) in [5, 5.41) is 6.10. The Kier molecular flexibility index (Phi) is 6.03. The second-order valence-electron chi connectivity index (χ2n) is 3.57. The molecule has 1 aliphatic rings. The lowest BCUT2D eigenvalue weighted by atomic mass is 10.4. The zero-order valence-electron chi connectivity index (χ0n) is 8.84. The van der Waals surface area contributed by atoms with E-state index in [1.54, 1.807) is 0 Å². The molecular formula is C10H20N2OS. The van der Waals surface area contributed by atoms with Gasteiger partial charge in [-0.25, -0.2) is 0 Å². The maximum absolute atomic E-state index is 11.2. The summed E-state index contributed by atoms with van der Waals surface area (Å²) in [4.78, 5) is 11.2. The molecule has 1 rings (SSSR count). The van der Waals surface area contributed by atoms with Crippen LogP contribution in [-0.2, 0) is 4.79 Å². The Bertz CT molecular complexity index is 172. The smallest absolute Gasteiger partial charge is 0.234 e. The van der Waals surface area contributed by atoms with Gasteiger partial charge in [-0.3, -0.25) is 4.79 Å². The average molecular weight is 216 g/mol. The summed E-state index contributed by atoms with van der Waals surface area (Å²) in [6, 6.07) is 0.486. The molecule has 0 spiro atoms. The monoisotopic (exact) mass is 216 g/mol. The fraction of sp³-hybridized carbons (Fsp3) is 0.900. The van der Waals surface area contributed by atoms with Crippen LogP contribution in [0, 0.1) is 0 Å². The molecule has 0 unspecified atom stereocenters. The molecule has 1 amide bonds. The van der Waals surface area contributed by atoms with Crippen molar-refractivity contribution in [3.8, 4) is 0 Å². The van der Waals surface area contributed by atoms with E-state index < -0.39 is 0 Å². The molecule has 14 heavy (non-hydrogen) atoms. The number of carbonyl (C=O) groups excluding carboxylic acids is 1. The minimum atomic E-state index is 0.149. The van der Waals surface area contributed by atoms with Gasteiger partial charge in [-0.15, -0.1) is 0 Å². The quantitative estimate of drug-likeness (QED) is 0.595. The molecule has 4 heteroatoms. The van der Waals surface area contributed by atoms with Gasteiger partial charge in [0.25, 0.3) is 0 Å². The Balaban J connectivity index is 1.80. The second kappa shape index (κ2) is 7.12. The number of hydrogen-bond donors (Lipinski definition) is 2. The lowest BCUT2D eigenvalue weighted by Crippen LogP contribution is -2.35. The van der Waals surface area contributed by atoms with Crippen LogP contribution < -0.4 is 10.6 Å². The molecular weight excluding hydrogens is 196 g/mol. The van der Waals surface area contributed by atoms with Crippen LogP contribution in [0.2, 0.25) is 0 Å². The van der Waals surface area contributed by atoms with Crippen molar-refractivity contribution in [2.75, 3.05) is 24.6 Å². The third-order valence-electron chi connectivity index (χ3n) is 2.07. The van der Waals surface area contributed by atoms with Crippen molar-refractivity contribution in [2.24, 2.45) is 0 Å². The van der Waals surface area contributed by atoms with Gasteiger partial charge >= 0.3 is 0 Å². The van der Waals surface area contributed by atoms with Gasteiger partial charge in [0.2, 0.25) is 5.91 Å². The predicted molar refractivity (Wildman–Crippen MR) is 61.7 cm³/mol. The second-order valence-corrected chi connectivity index (χ2v) is 4.96. The van der Waals surface area contributed by atoms with E-state index in [9.17, 15) is 4.79 Å². The summed E-state index contributed by atoms with van der Waals surface area (Å²) in [5.74, 6) is 2.52. The van der Waals surface area contributed by atoms with Gasteiger partial charge in [-0.05, 0) is 37.3 Å². The maximum Gasteiger partial charge on any atom is 0.234 e. The molecule has 0 atom stereocenters. The average Bonchev–Trinajstić information content (AvgIpc) is 2.95. The van der Waals surface area contributed by atoms with Gasteiger partial charge in [0.05, 0.1) is 6.54 Å². The van der Waals surface area contributed by atoms with Crippen LogP contribution in [0.4, 0.5) is 0 Å². The molecule has 0 radical (unpaired) electrons. The summed E-state index contributed by atoms with van der Waals surface area (Å²) in [5.41, 5.74) is 0. The Morgan fingerprint density at radius 3 is 2.93 bits per heavy atom. The van der Waals surface area contributed by atoms with Crippen LogP contribution in [0.5, 0.6) is 0 Å². The third-order valence-corrected chi connectivity index (χ3v) is 3.06. The largest absolute Gasteiger partial charge is 0.352 e. The van der Waals surface area contributed by atoms with Gasteiger partial charge < -0.3 is 10.6 Å². The Hall–Kier alpha value is -0.220. The first kappa shape index (κ1) is 11.9. The first-order valence-electron chi connectivity index (χ1n) is 5.40. The van der Waals surface area contributed by atoms with Crippen LogP contribution >= 0.6 is 11.8 Å². The zero-order valence-corrected chi connectivity index (χ0v) is 9.66. The molecule has 0 bridgehead atoms. The van der Waals surface area contributed by atoms with E-state index in [0.29, 0.717) is 12.6 Å². The highest BCUT2D eigenvalue weighted by Gasteiger charge is 2.22. The fourth-order valence-corrected chi connectivity index (χ4v) is 1.79. The van der Waals surface area contributed by atoms with Gasteiger partial charge in [0, 0.05) is 6.04 Å². The van der Waals surface area contributed by atoms with Gasteiger partial charge in [0.1, 0.15) is 0 Å². The molecule has 0 saturated heterocycles. The number of hydrogen-bond acceptors (Lipinski definition) is 3. The number of thioether (sulfide) groups is 1. The standard InChI is InChI=1S/C10H20N2OS/c1-2-14-7-3-6-11-8-10(13)12-9-4-5-9/h9,11H,2-8H2,1H3,(H,12,13). The van der Waals surface area contributed by atoms with Gasteiger partial charge in [0.15, 0.2) is 0 Å². The molecule has 1 fully saturated rings. The lowest BCUT2D eigenvalue weighted by molar-refractivity contribution is -0.120. The van der Waals surface area contributed by atoms with E-state index in [0.717, 1.165) is 13.0 Å². The summed E-state index contributed by atoms with van der Waals surface area (Å²) < 4.78 is 0. The molecule has 0 aromatic carbocycles. The molecule has 0 aromatic heterocycles. The number of carbonyl (C=O) groups is 1. The Morgan fingerprint density at radius 2 is 2.29 bits per heavy atom. The normalized spacial score (nSPS) is 15.5. The first-order chi connectivity index (χ1) is 6.83. The van der Waals surface area contributed by atoms with Crippen molar-refractivity contribution in [1.82, 2.24) is 10.6 Å². The van der Waals surface area contributed by atoms with Crippen LogP contribution in [-0.4, -0.2) is 36.5 Å². The molecule has 1 aliphatic carbocycles. The summed E-state index contributed by atoms with van der Waals surface area (Å²) in [6.45, 7) is 3.60. The molecule has 0 aliphatic heterocycles. The molecule has 1 saturated carbocycles. The first-order valence-corrected chi connectivity index (χ1v) is 6.56. The highest BCUT2D eigenvalue weighted by Crippen LogP contribution is 2.18. The third kappa shape index (κ3) is 6.27. The lowest BCUT2D eigenvalue weighted by Gasteiger charge is -2.04. The van der Waals surface area contributed by atoms with Crippen molar-refractivity contribution in [3.63, 3.8) is 0 Å². The highest BCUT2D eigenvalue weighted by atomic mass is 32.2.